The van der Waals surface area contributed by atoms with Gasteiger partial charge in [0.2, 0.25) is 0 Å². The summed E-state index contributed by atoms with van der Waals surface area (Å²) in [4.78, 5) is 14.4. The topological polar surface area (TPSA) is 53.6 Å². The van der Waals surface area contributed by atoms with Gasteiger partial charge < -0.3 is 15.4 Å². The molecular formula is C21H27N3O2. The van der Waals surface area contributed by atoms with Crippen molar-refractivity contribution < 1.29 is 9.53 Å². The summed E-state index contributed by atoms with van der Waals surface area (Å²) in [5.74, 6) is 1.44. The number of likely N-dealkylation sites (tertiary alicyclic amines) is 1. The predicted octanol–water partition coefficient (Wildman–Crippen LogP) is 3.73. The first kappa shape index (κ1) is 18.3. The number of hydrogen-bond acceptors (Lipinski definition) is 3. The number of urea groups is 1. The summed E-state index contributed by atoms with van der Waals surface area (Å²) in [6.07, 6.45) is 2.23. The van der Waals surface area contributed by atoms with Crippen molar-refractivity contribution in [1.82, 2.24) is 10.2 Å². The van der Waals surface area contributed by atoms with Crippen LogP contribution < -0.4 is 15.4 Å². The van der Waals surface area contributed by atoms with Crippen LogP contribution in [0.2, 0.25) is 0 Å². The van der Waals surface area contributed by atoms with Gasteiger partial charge in [-0.1, -0.05) is 30.3 Å². The van der Waals surface area contributed by atoms with Crippen LogP contribution >= 0.6 is 0 Å². The molecule has 1 aliphatic heterocycles. The molecule has 0 bridgehead atoms. The van der Waals surface area contributed by atoms with Crippen molar-refractivity contribution in [2.45, 2.75) is 19.4 Å². The summed E-state index contributed by atoms with van der Waals surface area (Å²) < 4.78 is 5.20. The van der Waals surface area contributed by atoms with Crippen molar-refractivity contribution in [3.05, 3.63) is 60.2 Å². The largest absolute Gasteiger partial charge is 0.497 e. The maximum atomic E-state index is 12.0. The number of para-hydroxylation sites is 1. The Bertz CT molecular complexity index is 680. The third kappa shape index (κ3) is 5.49. The van der Waals surface area contributed by atoms with E-state index in [1.807, 2.05) is 42.5 Å². The number of nitrogens with zero attached hydrogens (tertiary/aromatic N) is 1. The number of carbonyl (C=O) groups is 1. The van der Waals surface area contributed by atoms with E-state index in [9.17, 15) is 4.79 Å². The van der Waals surface area contributed by atoms with Crippen LogP contribution in [0.15, 0.2) is 54.6 Å². The lowest BCUT2D eigenvalue weighted by atomic mass is 9.96. The molecule has 0 spiro atoms. The van der Waals surface area contributed by atoms with Gasteiger partial charge >= 0.3 is 6.03 Å². The predicted molar refractivity (Wildman–Crippen MR) is 104 cm³/mol. The molecule has 138 valence electrons. The smallest absolute Gasteiger partial charge is 0.319 e. The maximum absolute atomic E-state index is 12.0. The highest BCUT2D eigenvalue weighted by Crippen LogP contribution is 2.19. The molecule has 0 unspecified atom stereocenters. The van der Waals surface area contributed by atoms with E-state index in [0.29, 0.717) is 5.92 Å². The fourth-order valence-electron chi connectivity index (χ4n) is 3.27. The molecule has 0 atom stereocenters. The molecule has 5 nitrogen and oxygen atoms in total. The molecule has 2 aromatic carbocycles. The number of benzene rings is 2. The molecule has 1 heterocycles. The Balaban J connectivity index is 1.36. The van der Waals surface area contributed by atoms with E-state index in [-0.39, 0.29) is 6.03 Å². The van der Waals surface area contributed by atoms with Crippen LogP contribution in [0.1, 0.15) is 18.4 Å². The summed E-state index contributed by atoms with van der Waals surface area (Å²) in [5.41, 5.74) is 2.13. The van der Waals surface area contributed by atoms with Crippen LogP contribution in [-0.2, 0) is 6.54 Å². The van der Waals surface area contributed by atoms with E-state index in [2.05, 4.69) is 27.7 Å². The minimum atomic E-state index is -0.128. The van der Waals surface area contributed by atoms with Crippen molar-refractivity contribution in [2.24, 2.45) is 5.92 Å². The number of carbonyl (C=O) groups excluding carboxylic acids is 1. The SMILES string of the molecule is COc1ccc(CN2CCC(CNC(=O)Nc3ccccc3)CC2)cc1. The molecule has 0 aromatic heterocycles. The summed E-state index contributed by atoms with van der Waals surface area (Å²) in [5, 5.41) is 5.86. The van der Waals surface area contributed by atoms with Gasteiger partial charge in [0.1, 0.15) is 5.75 Å². The molecule has 26 heavy (non-hydrogen) atoms. The van der Waals surface area contributed by atoms with Gasteiger partial charge in [0.05, 0.1) is 7.11 Å². The Labute approximate surface area is 155 Å². The fraction of sp³-hybridized carbons (Fsp3) is 0.381. The van der Waals surface area contributed by atoms with E-state index >= 15 is 0 Å². The van der Waals surface area contributed by atoms with Crippen LogP contribution in [0.3, 0.4) is 0 Å². The molecule has 3 rings (SSSR count). The Morgan fingerprint density at radius 2 is 1.77 bits per heavy atom. The van der Waals surface area contributed by atoms with E-state index in [1.54, 1.807) is 7.11 Å². The van der Waals surface area contributed by atoms with E-state index in [4.69, 9.17) is 4.74 Å². The first-order valence-electron chi connectivity index (χ1n) is 9.18. The zero-order valence-corrected chi connectivity index (χ0v) is 15.3. The Morgan fingerprint density at radius 1 is 1.08 bits per heavy atom. The summed E-state index contributed by atoms with van der Waals surface area (Å²) in [6, 6.07) is 17.7. The fourth-order valence-corrected chi connectivity index (χ4v) is 3.27. The Kier molecular flexibility index (Phi) is 6.50. The van der Waals surface area contributed by atoms with Gasteiger partial charge in [-0.25, -0.2) is 4.79 Å². The average molecular weight is 353 g/mol. The van der Waals surface area contributed by atoms with Crippen LogP contribution in [0.25, 0.3) is 0 Å². The third-order valence-corrected chi connectivity index (χ3v) is 4.86. The molecule has 0 aliphatic carbocycles. The first-order chi connectivity index (χ1) is 12.7. The van der Waals surface area contributed by atoms with Gasteiger partial charge in [-0.2, -0.15) is 0 Å². The second-order valence-corrected chi connectivity index (χ2v) is 6.77. The zero-order chi connectivity index (χ0) is 18.2. The van der Waals surface area contributed by atoms with E-state index in [0.717, 1.165) is 50.5 Å². The lowest BCUT2D eigenvalue weighted by Gasteiger charge is -2.32. The number of rotatable bonds is 6. The standard InChI is InChI=1S/C21H27N3O2/c1-26-20-9-7-18(8-10-20)16-24-13-11-17(12-14-24)15-22-21(25)23-19-5-3-2-4-6-19/h2-10,17H,11-16H2,1H3,(H2,22,23,25). The van der Waals surface area contributed by atoms with Crippen molar-refractivity contribution >= 4 is 11.7 Å². The Morgan fingerprint density at radius 3 is 2.42 bits per heavy atom. The highest BCUT2D eigenvalue weighted by Gasteiger charge is 2.19. The number of piperidine rings is 1. The molecular weight excluding hydrogens is 326 g/mol. The van der Waals surface area contributed by atoms with Gasteiger partial charge in [-0.15, -0.1) is 0 Å². The molecule has 2 amide bonds. The van der Waals surface area contributed by atoms with Gasteiger partial charge in [-0.3, -0.25) is 4.90 Å². The number of hydrogen-bond donors (Lipinski definition) is 2. The molecule has 1 aliphatic rings. The number of anilines is 1. The number of amides is 2. The summed E-state index contributed by atoms with van der Waals surface area (Å²) >= 11 is 0. The van der Waals surface area contributed by atoms with Crippen LogP contribution in [0.5, 0.6) is 5.75 Å². The molecule has 1 fully saturated rings. The molecule has 5 heteroatoms. The molecule has 0 saturated carbocycles. The molecule has 0 radical (unpaired) electrons. The third-order valence-electron chi connectivity index (χ3n) is 4.86. The van der Waals surface area contributed by atoms with Crippen molar-refractivity contribution in [2.75, 3.05) is 32.1 Å². The van der Waals surface area contributed by atoms with Gasteiger partial charge in [0.15, 0.2) is 0 Å². The van der Waals surface area contributed by atoms with Gasteiger partial charge in [0.25, 0.3) is 0 Å². The van der Waals surface area contributed by atoms with Crippen LogP contribution in [0.4, 0.5) is 10.5 Å². The van der Waals surface area contributed by atoms with Gasteiger partial charge in [0, 0.05) is 18.8 Å². The lowest BCUT2D eigenvalue weighted by molar-refractivity contribution is 0.175. The van der Waals surface area contributed by atoms with Gasteiger partial charge in [-0.05, 0) is 61.7 Å². The minimum absolute atomic E-state index is 0.128. The zero-order valence-electron chi connectivity index (χ0n) is 15.3. The number of methoxy groups -OCH3 is 1. The van der Waals surface area contributed by atoms with Crippen molar-refractivity contribution in [1.29, 1.82) is 0 Å². The van der Waals surface area contributed by atoms with Crippen molar-refractivity contribution in [3.8, 4) is 5.75 Å². The maximum Gasteiger partial charge on any atom is 0.319 e. The first-order valence-corrected chi connectivity index (χ1v) is 9.18. The second-order valence-electron chi connectivity index (χ2n) is 6.77. The van der Waals surface area contributed by atoms with Crippen molar-refractivity contribution in [3.63, 3.8) is 0 Å². The normalized spacial score (nSPS) is 15.4. The second kappa shape index (κ2) is 9.25. The Hall–Kier alpha value is -2.53. The molecule has 2 aromatic rings. The monoisotopic (exact) mass is 353 g/mol. The van der Waals surface area contributed by atoms with E-state index < -0.39 is 0 Å². The number of nitrogens with one attached hydrogen (secondary N) is 2. The van der Waals surface area contributed by atoms with E-state index in [1.165, 1.54) is 5.56 Å². The lowest BCUT2D eigenvalue weighted by Crippen LogP contribution is -2.39. The quantitative estimate of drug-likeness (QED) is 0.832. The minimum Gasteiger partial charge on any atom is -0.497 e. The molecule has 1 saturated heterocycles. The number of ether oxygens (including phenoxy) is 1. The summed E-state index contributed by atoms with van der Waals surface area (Å²) in [7, 11) is 1.69. The molecule has 2 N–H and O–H groups in total. The van der Waals surface area contributed by atoms with Crippen LogP contribution in [0, 0.1) is 5.92 Å². The van der Waals surface area contributed by atoms with Crippen LogP contribution in [-0.4, -0.2) is 37.7 Å². The summed E-state index contributed by atoms with van der Waals surface area (Å²) in [6.45, 7) is 3.84. The average Bonchev–Trinajstić information content (AvgIpc) is 2.69. The highest BCUT2D eigenvalue weighted by molar-refractivity contribution is 5.89. The highest BCUT2D eigenvalue weighted by atomic mass is 16.5.